The number of hydrogen-bond acceptors (Lipinski definition) is 4. The van der Waals surface area contributed by atoms with Gasteiger partial charge in [-0.05, 0) is 0 Å². The van der Waals surface area contributed by atoms with Crippen LogP contribution in [0.2, 0.25) is 4.47 Å². The van der Waals surface area contributed by atoms with Gasteiger partial charge in [0, 0.05) is 6.42 Å². The molecule has 84 valence electrons. The number of halogens is 4. The summed E-state index contributed by atoms with van der Waals surface area (Å²) in [5.41, 5.74) is -1.26. The molecule has 8 heteroatoms. The van der Waals surface area contributed by atoms with E-state index in [1.165, 1.54) is 6.92 Å². The van der Waals surface area contributed by atoms with Crippen LogP contribution in [0.4, 0.5) is 13.2 Å². The molecule has 0 saturated carbocycles. The van der Waals surface area contributed by atoms with E-state index in [4.69, 9.17) is 11.6 Å². The van der Waals surface area contributed by atoms with E-state index in [0.29, 0.717) is 11.3 Å². The summed E-state index contributed by atoms with van der Waals surface area (Å²) in [6.07, 6.45) is -4.69. The van der Waals surface area contributed by atoms with Gasteiger partial charge in [0.15, 0.2) is 4.47 Å². The third-order valence-corrected chi connectivity index (χ3v) is 2.37. The van der Waals surface area contributed by atoms with E-state index < -0.39 is 22.9 Å². The molecule has 1 rings (SSSR count). The summed E-state index contributed by atoms with van der Waals surface area (Å²) >= 11 is 5.79. The molecule has 0 unspecified atom stereocenters. The standard InChI is InChI=1S/C7H5ClF3NO2S/c1-2-3(13)14-5-4(7(9,10)11)12-6(8)15-5/h2H2,1H3. The summed E-state index contributed by atoms with van der Waals surface area (Å²) in [5.74, 6) is -0.763. The summed E-state index contributed by atoms with van der Waals surface area (Å²) in [7, 11) is 0. The van der Waals surface area contributed by atoms with E-state index in [0.717, 1.165) is 0 Å². The number of ether oxygens (including phenoxy) is 1. The van der Waals surface area contributed by atoms with Gasteiger partial charge in [0.2, 0.25) is 10.8 Å². The average Bonchev–Trinajstić information content (AvgIpc) is 2.45. The smallest absolute Gasteiger partial charge is 0.413 e. The summed E-state index contributed by atoms with van der Waals surface area (Å²) in [5, 5.41) is -0.612. The van der Waals surface area contributed by atoms with Gasteiger partial charge in [-0.1, -0.05) is 29.9 Å². The number of thiazole rings is 1. The number of esters is 1. The van der Waals surface area contributed by atoms with E-state index in [9.17, 15) is 18.0 Å². The largest absolute Gasteiger partial charge is 0.438 e. The molecule has 0 N–H and O–H groups in total. The van der Waals surface area contributed by atoms with Gasteiger partial charge in [-0.25, -0.2) is 4.98 Å². The second-order valence-corrected chi connectivity index (χ2v) is 3.97. The molecule has 0 aliphatic rings. The lowest BCUT2D eigenvalue weighted by Crippen LogP contribution is -2.11. The van der Waals surface area contributed by atoms with Crippen molar-refractivity contribution in [3.05, 3.63) is 10.2 Å². The van der Waals surface area contributed by atoms with Crippen LogP contribution < -0.4 is 4.74 Å². The molecule has 3 nitrogen and oxygen atoms in total. The van der Waals surface area contributed by atoms with E-state index in [1.807, 2.05) is 0 Å². The molecule has 1 heterocycles. The number of nitrogens with zero attached hydrogens (tertiary/aromatic N) is 1. The Labute approximate surface area is 91.8 Å². The molecule has 0 spiro atoms. The van der Waals surface area contributed by atoms with Crippen LogP contribution in [0.25, 0.3) is 0 Å². The topological polar surface area (TPSA) is 39.2 Å². The fourth-order valence-electron chi connectivity index (χ4n) is 0.705. The molecule has 0 radical (unpaired) electrons. The Kier molecular flexibility index (Phi) is 3.56. The number of rotatable bonds is 2. The number of hydrogen-bond donors (Lipinski definition) is 0. The van der Waals surface area contributed by atoms with E-state index >= 15 is 0 Å². The maximum absolute atomic E-state index is 12.3. The molecular formula is C7H5ClF3NO2S. The van der Waals surface area contributed by atoms with E-state index in [2.05, 4.69) is 9.72 Å². The second-order valence-electron chi connectivity index (χ2n) is 2.43. The van der Waals surface area contributed by atoms with Crippen LogP contribution in [0.5, 0.6) is 5.06 Å². The van der Waals surface area contributed by atoms with Crippen molar-refractivity contribution < 1.29 is 22.7 Å². The molecule has 0 bridgehead atoms. The Morgan fingerprint density at radius 3 is 2.67 bits per heavy atom. The Bertz CT molecular complexity index is 377. The monoisotopic (exact) mass is 259 g/mol. The maximum atomic E-state index is 12.3. The quantitative estimate of drug-likeness (QED) is 0.766. The van der Waals surface area contributed by atoms with Crippen molar-refractivity contribution in [1.29, 1.82) is 0 Å². The zero-order valence-electron chi connectivity index (χ0n) is 7.39. The third-order valence-electron chi connectivity index (χ3n) is 1.33. The first-order chi connectivity index (χ1) is 6.84. The van der Waals surface area contributed by atoms with Crippen molar-refractivity contribution >= 4 is 28.9 Å². The Morgan fingerprint density at radius 1 is 1.60 bits per heavy atom. The van der Waals surface area contributed by atoms with Crippen LogP contribution in [0.15, 0.2) is 0 Å². The highest BCUT2D eigenvalue weighted by Gasteiger charge is 2.39. The highest BCUT2D eigenvalue weighted by Crippen LogP contribution is 2.41. The Morgan fingerprint density at radius 2 is 2.20 bits per heavy atom. The SMILES string of the molecule is CCC(=O)Oc1sc(Cl)nc1C(F)(F)F. The molecule has 0 saturated heterocycles. The minimum Gasteiger partial charge on any atom is -0.413 e. The van der Waals surface area contributed by atoms with Crippen molar-refractivity contribution in [1.82, 2.24) is 4.98 Å². The van der Waals surface area contributed by atoms with Crippen molar-refractivity contribution in [2.45, 2.75) is 19.5 Å². The van der Waals surface area contributed by atoms with Crippen LogP contribution in [-0.2, 0) is 11.0 Å². The minimum atomic E-state index is -4.67. The van der Waals surface area contributed by atoms with Crippen molar-refractivity contribution in [3.63, 3.8) is 0 Å². The fraction of sp³-hybridized carbons (Fsp3) is 0.429. The van der Waals surface area contributed by atoms with Gasteiger partial charge in [0.05, 0.1) is 0 Å². The first kappa shape index (κ1) is 12.3. The minimum absolute atomic E-state index is 0.0210. The summed E-state index contributed by atoms with van der Waals surface area (Å²) in [6.45, 7) is 1.47. The molecule has 0 fully saturated rings. The van der Waals surface area contributed by atoms with Gasteiger partial charge in [-0.3, -0.25) is 4.79 Å². The zero-order chi connectivity index (χ0) is 11.6. The van der Waals surface area contributed by atoms with Crippen LogP contribution in [-0.4, -0.2) is 11.0 Å². The maximum Gasteiger partial charge on any atom is 0.438 e. The van der Waals surface area contributed by atoms with Gasteiger partial charge in [-0.15, -0.1) is 0 Å². The van der Waals surface area contributed by atoms with Crippen LogP contribution in [0, 0.1) is 0 Å². The van der Waals surface area contributed by atoms with E-state index in [1.54, 1.807) is 0 Å². The second kappa shape index (κ2) is 4.36. The van der Waals surface area contributed by atoms with Gasteiger partial charge in [-0.2, -0.15) is 13.2 Å². The summed E-state index contributed by atoms with van der Waals surface area (Å²) in [6, 6.07) is 0. The lowest BCUT2D eigenvalue weighted by Gasteiger charge is -2.05. The summed E-state index contributed by atoms with van der Waals surface area (Å²) in [4.78, 5) is 13.9. The Balaban J connectivity index is 3.02. The number of carbonyl (C=O) groups excluding carboxylic acids is 1. The molecular weight excluding hydrogens is 255 g/mol. The first-order valence-electron chi connectivity index (χ1n) is 3.78. The molecule has 1 aromatic rings. The van der Waals surface area contributed by atoms with Gasteiger partial charge < -0.3 is 4.74 Å². The third kappa shape index (κ3) is 3.07. The van der Waals surface area contributed by atoms with E-state index in [-0.39, 0.29) is 10.9 Å². The molecule has 0 aliphatic heterocycles. The lowest BCUT2D eigenvalue weighted by molar-refractivity contribution is -0.144. The van der Waals surface area contributed by atoms with Crippen molar-refractivity contribution in [2.75, 3.05) is 0 Å². The molecule has 0 atom stereocenters. The number of carbonyl (C=O) groups is 1. The van der Waals surface area contributed by atoms with Gasteiger partial charge >= 0.3 is 12.1 Å². The lowest BCUT2D eigenvalue weighted by atomic mass is 10.4. The predicted octanol–water partition coefficient (Wildman–Crippen LogP) is 3.13. The normalized spacial score (nSPS) is 11.5. The van der Waals surface area contributed by atoms with Crippen LogP contribution in [0.1, 0.15) is 19.0 Å². The molecule has 0 aliphatic carbocycles. The van der Waals surface area contributed by atoms with Crippen LogP contribution in [0.3, 0.4) is 0 Å². The molecule has 0 aromatic carbocycles. The number of alkyl halides is 3. The van der Waals surface area contributed by atoms with Crippen molar-refractivity contribution in [2.24, 2.45) is 0 Å². The molecule has 0 amide bonds. The molecule has 15 heavy (non-hydrogen) atoms. The van der Waals surface area contributed by atoms with Gasteiger partial charge in [0.1, 0.15) is 0 Å². The highest BCUT2D eigenvalue weighted by molar-refractivity contribution is 7.17. The average molecular weight is 260 g/mol. The predicted molar refractivity (Wildman–Crippen MR) is 48.1 cm³/mol. The zero-order valence-corrected chi connectivity index (χ0v) is 8.96. The Hall–Kier alpha value is -0.820. The summed E-state index contributed by atoms with van der Waals surface area (Å²) < 4.78 is 41.1. The number of aromatic nitrogens is 1. The van der Waals surface area contributed by atoms with Crippen molar-refractivity contribution in [3.8, 4) is 5.06 Å². The molecule has 1 aromatic heterocycles. The van der Waals surface area contributed by atoms with Crippen LogP contribution >= 0.6 is 22.9 Å². The highest BCUT2D eigenvalue weighted by atomic mass is 35.5. The fourth-order valence-corrected chi connectivity index (χ4v) is 1.68. The first-order valence-corrected chi connectivity index (χ1v) is 4.98. The van der Waals surface area contributed by atoms with Gasteiger partial charge in [0.25, 0.3) is 0 Å².